The summed E-state index contributed by atoms with van der Waals surface area (Å²) >= 11 is 0. The molecular weight excluding hydrogens is 464 g/mol. The maximum Gasteiger partial charge on any atom is 0.416 e. The number of carbonyl (C=O) groups excluding carboxylic acids is 1. The summed E-state index contributed by atoms with van der Waals surface area (Å²) in [5, 5.41) is 2.50. The Balaban J connectivity index is 1.68. The van der Waals surface area contributed by atoms with Gasteiger partial charge >= 0.3 is 6.18 Å². The lowest BCUT2D eigenvalue weighted by Crippen LogP contribution is -2.34. The molecule has 1 aliphatic rings. The minimum Gasteiger partial charge on any atom is -0.369 e. The number of likely N-dealkylation sites (N-methyl/N-ethyl adjacent to an activating group) is 2. The second-order valence-corrected chi connectivity index (χ2v) is 8.52. The van der Waals surface area contributed by atoms with E-state index in [1.807, 2.05) is 11.9 Å². The summed E-state index contributed by atoms with van der Waals surface area (Å²) in [6, 6.07) is 7.07. The Kier molecular flexibility index (Phi) is 6.62. The number of hydrogen-bond donors (Lipinski definition) is 2. The molecule has 2 aromatic carbocycles. The smallest absolute Gasteiger partial charge is 0.369 e. The van der Waals surface area contributed by atoms with Gasteiger partial charge in [-0.1, -0.05) is 6.07 Å². The summed E-state index contributed by atoms with van der Waals surface area (Å²) in [4.78, 5) is 24.8. The van der Waals surface area contributed by atoms with E-state index in [1.54, 1.807) is 7.05 Å². The number of nitrogen functional groups attached to an aromatic ring is 1. The molecule has 0 radical (unpaired) electrons. The van der Waals surface area contributed by atoms with Gasteiger partial charge in [-0.15, -0.1) is 0 Å². The Bertz CT molecular complexity index is 1230. The molecule has 7 nitrogen and oxygen atoms in total. The van der Waals surface area contributed by atoms with Crippen LogP contribution in [0.1, 0.15) is 22.3 Å². The minimum absolute atomic E-state index is 0.0532. The first kappa shape index (κ1) is 24.4. The highest BCUT2D eigenvalue weighted by Crippen LogP contribution is 2.37. The van der Waals surface area contributed by atoms with E-state index in [0.717, 1.165) is 37.7 Å². The number of amides is 1. The number of alkyl halides is 3. The van der Waals surface area contributed by atoms with Gasteiger partial charge in [0.2, 0.25) is 5.95 Å². The normalized spacial score (nSPS) is 16.3. The van der Waals surface area contributed by atoms with Gasteiger partial charge in [0.1, 0.15) is 5.82 Å². The highest BCUT2D eigenvalue weighted by atomic mass is 19.4. The molecule has 1 fully saturated rings. The van der Waals surface area contributed by atoms with Gasteiger partial charge in [0.05, 0.1) is 22.5 Å². The van der Waals surface area contributed by atoms with Gasteiger partial charge in [0.15, 0.2) is 0 Å². The fourth-order valence-electron chi connectivity index (χ4n) is 4.10. The summed E-state index contributed by atoms with van der Waals surface area (Å²) in [6.45, 7) is 1.58. The van der Waals surface area contributed by atoms with Gasteiger partial charge in [0.25, 0.3) is 5.91 Å². The monoisotopic (exact) mass is 488 g/mol. The lowest BCUT2D eigenvalue weighted by Gasteiger charge is -2.29. The van der Waals surface area contributed by atoms with Crippen LogP contribution in [-0.2, 0) is 6.18 Å². The third-order valence-electron chi connectivity index (χ3n) is 6.08. The highest BCUT2D eigenvalue weighted by molar-refractivity contribution is 6.06. The van der Waals surface area contributed by atoms with Gasteiger partial charge < -0.3 is 20.9 Å². The van der Waals surface area contributed by atoms with Gasteiger partial charge in [-0.25, -0.2) is 14.4 Å². The molecule has 1 amide bonds. The van der Waals surface area contributed by atoms with Crippen LogP contribution in [0.3, 0.4) is 0 Å². The molecule has 0 saturated carbocycles. The zero-order valence-corrected chi connectivity index (χ0v) is 19.1. The van der Waals surface area contributed by atoms with E-state index in [-0.39, 0.29) is 23.2 Å². The second-order valence-electron chi connectivity index (χ2n) is 8.52. The van der Waals surface area contributed by atoms with Crippen LogP contribution in [0.15, 0.2) is 48.8 Å². The lowest BCUT2D eigenvalue weighted by molar-refractivity contribution is -0.137. The van der Waals surface area contributed by atoms with E-state index in [0.29, 0.717) is 16.8 Å². The van der Waals surface area contributed by atoms with E-state index in [9.17, 15) is 22.4 Å². The Hall–Kier alpha value is -3.73. The summed E-state index contributed by atoms with van der Waals surface area (Å²) in [5.41, 5.74) is 5.56. The van der Waals surface area contributed by atoms with Crippen molar-refractivity contribution in [1.82, 2.24) is 14.9 Å². The SMILES string of the molecule is CN1CC[C@H](N(C)c2ccc(C(F)(F)F)cc2NC(=O)c2cc(-c3cnc(N)nc3)ccc2F)C1. The Morgan fingerprint density at radius 1 is 1.14 bits per heavy atom. The predicted molar refractivity (Wildman–Crippen MR) is 126 cm³/mol. The van der Waals surface area contributed by atoms with Crippen molar-refractivity contribution in [3.63, 3.8) is 0 Å². The zero-order valence-electron chi connectivity index (χ0n) is 19.1. The van der Waals surface area contributed by atoms with Crippen LogP contribution < -0.4 is 16.0 Å². The minimum atomic E-state index is -4.61. The highest BCUT2D eigenvalue weighted by Gasteiger charge is 2.33. The fourth-order valence-corrected chi connectivity index (χ4v) is 4.10. The molecule has 1 aliphatic heterocycles. The molecule has 0 spiro atoms. The molecule has 1 saturated heterocycles. The van der Waals surface area contributed by atoms with Crippen LogP contribution in [0.4, 0.5) is 34.9 Å². The number of anilines is 3. The number of nitrogens with two attached hydrogens (primary N) is 1. The van der Waals surface area contributed by atoms with Crippen molar-refractivity contribution in [2.24, 2.45) is 0 Å². The summed E-state index contributed by atoms with van der Waals surface area (Å²) in [5.74, 6) is -1.64. The second kappa shape index (κ2) is 9.49. The quantitative estimate of drug-likeness (QED) is 0.522. The van der Waals surface area contributed by atoms with E-state index < -0.39 is 23.5 Å². The Morgan fingerprint density at radius 2 is 1.86 bits per heavy atom. The van der Waals surface area contributed by atoms with Gasteiger partial charge in [0, 0.05) is 37.6 Å². The summed E-state index contributed by atoms with van der Waals surface area (Å²) < 4.78 is 54.9. The third kappa shape index (κ3) is 5.35. The van der Waals surface area contributed by atoms with E-state index in [4.69, 9.17) is 5.73 Å². The molecule has 0 bridgehead atoms. The number of benzene rings is 2. The van der Waals surface area contributed by atoms with Crippen molar-refractivity contribution in [3.05, 3.63) is 65.7 Å². The van der Waals surface area contributed by atoms with Crippen LogP contribution in [-0.4, -0.2) is 54.0 Å². The molecule has 4 rings (SSSR count). The number of halogens is 4. The molecule has 1 atom stereocenters. The molecule has 35 heavy (non-hydrogen) atoms. The third-order valence-corrected chi connectivity index (χ3v) is 6.08. The van der Waals surface area contributed by atoms with Gasteiger partial charge in [-0.05, 0) is 55.9 Å². The van der Waals surface area contributed by atoms with E-state index in [2.05, 4.69) is 20.2 Å². The summed E-state index contributed by atoms with van der Waals surface area (Å²) in [7, 11) is 3.73. The number of likely N-dealkylation sites (tertiary alicyclic amines) is 1. The largest absolute Gasteiger partial charge is 0.416 e. The van der Waals surface area contributed by atoms with Gasteiger partial charge in [-0.2, -0.15) is 13.2 Å². The Morgan fingerprint density at radius 3 is 2.49 bits per heavy atom. The average molecular weight is 488 g/mol. The van der Waals surface area contributed by atoms with Crippen LogP contribution in [0.25, 0.3) is 11.1 Å². The standard InChI is InChI=1S/C24H24F4N6O/c1-33-8-7-17(13-33)34(2)21-6-4-16(24(26,27)28)10-20(21)32-22(35)18-9-14(3-5-19(18)25)15-11-30-23(29)31-12-15/h3-6,9-12,17H,7-8,13H2,1-2H3,(H,32,35)(H2,29,30,31)/t17-/m0/s1. The van der Waals surface area contributed by atoms with Crippen LogP contribution in [0.5, 0.6) is 0 Å². The maximum atomic E-state index is 14.6. The van der Waals surface area contributed by atoms with Crippen LogP contribution in [0.2, 0.25) is 0 Å². The first-order valence-corrected chi connectivity index (χ1v) is 10.8. The first-order chi connectivity index (χ1) is 16.5. The first-order valence-electron chi connectivity index (χ1n) is 10.8. The molecular formula is C24H24F4N6O. The van der Waals surface area contributed by atoms with Gasteiger partial charge in [-0.3, -0.25) is 4.79 Å². The van der Waals surface area contributed by atoms with E-state index >= 15 is 0 Å². The number of hydrogen-bond acceptors (Lipinski definition) is 6. The number of aromatic nitrogens is 2. The van der Waals surface area contributed by atoms with Crippen LogP contribution in [0, 0.1) is 5.82 Å². The molecule has 2 heterocycles. The van der Waals surface area contributed by atoms with Crippen molar-refractivity contribution < 1.29 is 22.4 Å². The zero-order chi connectivity index (χ0) is 25.3. The van der Waals surface area contributed by atoms with Crippen molar-refractivity contribution in [1.29, 1.82) is 0 Å². The molecule has 0 unspecified atom stereocenters. The van der Waals surface area contributed by atoms with Crippen molar-refractivity contribution in [2.45, 2.75) is 18.6 Å². The van der Waals surface area contributed by atoms with E-state index in [1.165, 1.54) is 30.6 Å². The van der Waals surface area contributed by atoms with Crippen molar-refractivity contribution in [3.8, 4) is 11.1 Å². The number of rotatable bonds is 5. The van der Waals surface area contributed by atoms with Crippen molar-refractivity contribution >= 4 is 23.2 Å². The summed E-state index contributed by atoms with van der Waals surface area (Å²) in [6.07, 6.45) is -0.933. The molecule has 1 aromatic heterocycles. The predicted octanol–water partition coefficient (Wildman–Crippen LogP) is 4.28. The van der Waals surface area contributed by atoms with Crippen molar-refractivity contribution in [2.75, 3.05) is 43.1 Å². The number of nitrogens with one attached hydrogen (secondary N) is 1. The lowest BCUT2D eigenvalue weighted by atomic mass is 10.0. The topological polar surface area (TPSA) is 87.4 Å². The maximum absolute atomic E-state index is 14.6. The fraction of sp³-hybridized carbons (Fsp3) is 0.292. The number of carbonyl (C=O) groups is 1. The Labute approximate surface area is 199 Å². The average Bonchev–Trinajstić information content (AvgIpc) is 3.25. The molecule has 11 heteroatoms. The molecule has 184 valence electrons. The molecule has 3 N–H and O–H groups in total. The molecule has 0 aliphatic carbocycles. The van der Waals surface area contributed by atoms with Crippen LogP contribution >= 0.6 is 0 Å². The molecule has 3 aromatic rings. The number of nitrogens with zero attached hydrogens (tertiary/aromatic N) is 4.